The van der Waals surface area contributed by atoms with E-state index < -0.39 is 17.8 Å². The van der Waals surface area contributed by atoms with Crippen LogP contribution in [-0.2, 0) is 9.53 Å². The van der Waals surface area contributed by atoms with Gasteiger partial charge in [-0.1, -0.05) is 44.8 Å². The largest absolute Gasteiger partial charge is 0.393 e. The van der Waals surface area contributed by atoms with Gasteiger partial charge in [-0.2, -0.15) is 0 Å². The predicted octanol–water partition coefficient (Wildman–Crippen LogP) is 3.40. The Morgan fingerprint density at radius 2 is 2.04 bits per heavy atom. The van der Waals surface area contributed by atoms with Crippen molar-refractivity contribution in [3.63, 3.8) is 0 Å². The van der Waals surface area contributed by atoms with Crippen LogP contribution in [0.1, 0.15) is 71.1 Å². The number of hydrogen-bond donors (Lipinski definition) is 2. The molecule has 5 unspecified atom stereocenters. The normalized spacial score (nSPS) is 37.7. The van der Waals surface area contributed by atoms with E-state index in [-0.39, 0.29) is 17.6 Å². The average molecular weight is 350 g/mol. The molecule has 0 heterocycles. The highest BCUT2D eigenvalue weighted by atomic mass is 16.5. The van der Waals surface area contributed by atoms with E-state index in [9.17, 15) is 15.0 Å². The Morgan fingerprint density at radius 1 is 1.28 bits per heavy atom. The maximum absolute atomic E-state index is 12.3. The van der Waals surface area contributed by atoms with E-state index in [1.807, 2.05) is 12.2 Å². The highest BCUT2D eigenvalue weighted by molar-refractivity contribution is 5.94. The van der Waals surface area contributed by atoms with Crippen molar-refractivity contribution in [2.75, 3.05) is 6.61 Å². The lowest BCUT2D eigenvalue weighted by Crippen LogP contribution is -2.65. The number of rotatable bonds is 7. The van der Waals surface area contributed by atoms with Crippen molar-refractivity contribution in [2.45, 2.75) is 88.9 Å². The second-order valence-corrected chi connectivity index (χ2v) is 8.28. The molecule has 0 radical (unpaired) electrons. The summed E-state index contributed by atoms with van der Waals surface area (Å²) in [6.45, 7) is 2.74. The summed E-state index contributed by atoms with van der Waals surface area (Å²) in [7, 11) is 0. The van der Waals surface area contributed by atoms with Gasteiger partial charge < -0.3 is 14.9 Å². The first kappa shape index (κ1) is 19.1. The van der Waals surface area contributed by atoms with Crippen LogP contribution >= 0.6 is 0 Å². The van der Waals surface area contributed by atoms with Gasteiger partial charge in [0.2, 0.25) is 0 Å². The van der Waals surface area contributed by atoms with Crippen LogP contribution in [0.15, 0.2) is 12.2 Å². The number of aliphatic hydroxyl groups is 2. The molecule has 0 spiro atoms. The first-order valence-electron chi connectivity index (χ1n) is 10.3. The van der Waals surface area contributed by atoms with Crippen molar-refractivity contribution in [3.05, 3.63) is 12.2 Å². The molecule has 3 saturated carbocycles. The molecule has 0 amide bonds. The summed E-state index contributed by atoms with van der Waals surface area (Å²) >= 11 is 0. The average Bonchev–Trinajstić information content (AvgIpc) is 2.63. The number of carbonyl (C=O) groups is 1. The van der Waals surface area contributed by atoms with Crippen molar-refractivity contribution in [1.82, 2.24) is 0 Å². The third kappa shape index (κ3) is 3.86. The highest BCUT2D eigenvalue weighted by Crippen LogP contribution is 2.52. The third-order valence-corrected chi connectivity index (χ3v) is 6.72. The zero-order valence-corrected chi connectivity index (χ0v) is 15.5. The minimum absolute atomic E-state index is 0.0652. The molecule has 0 aliphatic heterocycles. The van der Waals surface area contributed by atoms with Crippen molar-refractivity contribution in [2.24, 2.45) is 17.8 Å². The van der Waals surface area contributed by atoms with Gasteiger partial charge in [-0.3, -0.25) is 4.79 Å². The van der Waals surface area contributed by atoms with Crippen LogP contribution in [0, 0.1) is 17.8 Å². The lowest BCUT2D eigenvalue weighted by Gasteiger charge is -2.54. The standard InChI is InChI=1S/C21H34O4/c1-2-3-13-25-21-12-11-19(23)16(17(21)14-20(21)24)9-10-18(22)15-7-5-4-6-8-15/h9-10,15-19,22-23H,2-8,11-14H2,1H3. The minimum atomic E-state index is -0.667. The van der Waals surface area contributed by atoms with Crippen LogP contribution in [0.3, 0.4) is 0 Å². The van der Waals surface area contributed by atoms with Crippen LogP contribution < -0.4 is 0 Å². The number of ether oxygens (including phenoxy) is 1. The molecule has 4 nitrogen and oxygen atoms in total. The third-order valence-electron chi connectivity index (χ3n) is 6.72. The van der Waals surface area contributed by atoms with Crippen molar-refractivity contribution in [1.29, 1.82) is 0 Å². The SMILES string of the molecule is CCCCOC12CCC(O)C(C=CC(O)C3CCCCC3)C1CC2=O. The molecule has 0 saturated heterocycles. The molecule has 142 valence electrons. The van der Waals surface area contributed by atoms with Gasteiger partial charge in [-0.15, -0.1) is 0 Å². The lowest BCUT2D eigenvalue weighted by molar-refractivity contribution is -0.199. The summed E-state index contributed by atoms with van der Waals surface area (Å²) in [5, 5.41) is 21.0. The topological polar surface area (TPSA) is 66.8 Å². The quantitative estimate of drug-likeness (QED) is 0.545. The summed E-state index contributed by atoms with van der Waals surface area (Å²) < 4.78 is 6.07. The number of carbonyl (C=O) groups excluding carboxylic acids is 1. The van der Waals surface area contributed by atoms with E-state index in [1.54, 1.807) is 0 Å². The van der Waals surface area contributed by atoms with Crippen LogP contribution in [0.25, 0.3) is 0 Å². The minimum Gasteiger partial charge on any atom is -0.393 e. The number of hydrogen-bond acceptors (Lipinski definition) is 4. The van der Waals surface area contributed by atoms with Gasteiger partial charge in [0.15, 0.2) is 5.78 Å². The zero-order chi connectivity index (χ0) is 17.9. The van der Waals surface area contributed by atoms with Gasteiger partial charge in [0.1, 0.15) is 5.60 Å². The lowest BCUT2D eigenvalue weighted by atomic mass is 9.55. The first-order valence-corrected chi connectivity index (χ1v) is 10.3. The van der Waals surface area contributed by atoms with E-state index in [1.165, 1.54) is 19.3 Å². The molecular formula is C21H34O4. The van der Waals surface area contributed by atoms with Gasteiger partial charge in [-0.05, 0) is 38.0 Å². The van der Waals surface area contributed by atoms with Crippen molar-refractivity contribution >= 4 is 5.78 Å². The highest BCUT2D eigenvalue weighted by Gasteiger charge is 2.61. The van der Waals surface area contributed by atoms with E-state index in [0.717, 1.165) is 25.7 Å². The first-order chi connectivity index (χ1) is 12.1. The number of Topliss-reactive ketones (excluding diaryl/α,β-unsaturated/α-hetero) is 1. The maximum Gasteiger partial charge on any atom is 0.165 e. The van der Waals surface area contributed by atoms with Crippen molar-refractivity contribution in [3.8, 4) is 0 Å². The Morgan fingerprint density at radius 3 is 2.72 bits per heavy atom. The molecule has 3 fully saturated rings. The molecule has 2 N–H and O–H groups in total. The van der Waals surface area contributed by atoms with Gasteiger partial charge in [0.25, 0.3) is 0 Å². The second kappa shape index (κ2) is 8.32. The molecule has 0 aromatic carbocycles. The predicted molar refractivity (Wildman–Crippen MR) is 97.2 cm³/mol. The summed E-state index contributed by atoms with van der Waals surface area (Å²) in [5.74, 6) is 0.535. The Hall–Kier alpha value is -0.710. The van der Waals surface area contributed by atoms with Gasteiger partial charge in [-0.25, -0.2) is 0 Å². The van der Waals surface area contributed by atoms with E-state index in [0.29, 0.717) is 31.8 Å². The van der Waals surface area contributed by atoms with E-state index >= 15 is 0 Å². The van der Waals surface area contributed by atoms with Gasteiger partial charge >= 0.3 is 0 Å². The number of aliphatic hydroxyl groups excluding tert-OH is 2. The summed E-state index contributed by atoms with van der Waals surface area (Å²) in [6.07, 6.45) is 12.6. The summed E-state index contributed by atoms with van der Waals surface area (Å²) in [6, 6.07) is 0. The molecule has 0 bridgehead atoms. The molecule has 4 heteroatoms. The molecule has 25 heavy (non-hydrogen) atoms. The Kier molecular flexibility index (Phi) is 6.35. The van der Waals surface area contributed by atoms with Crippen LogP contribution in [0.2, 0.25) is 0 Å². The molecular weight excluding hydrogens is 316 g/mol. The fourth-order valence-corrected chi connectivity index (χ4v) is 5.00. The Labute approximate surface area is 151 Å². The van der Waals surface area contributed by atoms with Crippen LogP contribution in [0.5, 0.6) is 0 Å². The number of unbranched alkanes of at least 4 members (excludes halogenated alkanes) is 1. The Balaban J connectivity index is 1.65. The monoisotopic (exact) mass is 350 g/mol. The smallest absolute Gasteiger partial charge is 0.165 e. The maximum atomic E-state index is 12.3. The Bertz CT molecular complexity index is 482. The van der Waals surface area contributed by atoms with Crippen LogP contribution in [-0.4, -0.2) is 40.4 Å². The zero-order valence-electron chi connectivity index (χ0n) is 15.5. The van der Waals surface area contributed by atoms with Gasteiger partial charge in [0.05, 0.1) is 12.2 Å². The molecule has 3 aliphatic rings. The molecule has 3 rings (SSSR count). The summed E-state index contributed by atoms with van der Waals surface area (Å²) in [5.41, 5.74) is -0.667. The molecule has 5 atom stereocenters. The fraction of sp³-hybridized carbons (Fsp3) is 0.857. The summed E-state index contributed by atoms with van der Waals surface area (Å²) in [4.78, 5) is 12.3. The van der Waals surface area contributed by atoms with Gasteiger partial charge in [0, 0.05) is 24.9 Å². The second-order valence-electron chi connectivity index (χ2n) is 8.28. The fourth-order valence-electron chi connectivity index (χ4n) is 5.00. The van der Waals surface area contributed by atoms with E-state index in [2.05, 4.69) is 6.92 Å². The number of ketones is 1. The number of fused-ring (bicyclic) bond motifs is 1. The van der Waals surface area contributed by atoms with Crippen molar-refractivity contribution < 1.29 is 19.7 Å². The molecule has 3 aliphatic carbocycles. The molecule has 0 aromatic heterocycles. The van der Waals surface area contributed by atoms with E-state index in [4.69, 9.17) is 4.74 Å². The molecule has 0 aromatic rings. The van der Waals surface area contributed by atoms with Crippen LogP contribution in [0.4, 0.5) is 0 Å².